The third-order valence-electron chi connectivity index (χ3n) is 5.36. The topological polar surface area (TPSA) is 95.8 Å². The van der Waals surface area contributed by atoms with E-state index in [4.69, 9.17) is 4.74 Å². The summed E-state index contributed by atoms with van der Waals surface area (Å²) in [5.74, 6) is -0.152. The van der Waals surface area contributed by atoms with Crippen molar-refractivity contribution in [2.75, 3.05) is 59.4 Å². The van der Waals surface area contributed by atoms with Gasteiger partial charge in [0.05, 0.1) is 25.8 Å². The molecule has 3 fully saturated rings. The summed E-state index contributed by atoms with van der Waals surface area (Å²) >= 11 is 0. The number of amides is 2. The van der Waals surface area contributed by atoms with Gasteiger partial charge in [0.15, 0.2) is 11.3 Å². The molecular weight excluding hydrogens is 338 g/mol. The molecule has 142 valence electrons. The highest BCUT2D eigenvalue weighted by atomic mass is 16.6. The van der Waals surface area contributed by atoms with Crippen LogP contribution in [-0.2, 0) is 11.3 Å². The lowest BCUT2D eigenvalue weighted by Gasteiger charge is -2.26. The van der Waals surface area contributed by atoms with Crippen molar-refractivity contribution in [2.24, 2.45) is 0 Å². The Bertz CT molecular complexity index is 687. The second kappa shape index (κ2) is 6.84. The second-order valence-electron chi connectivity index (χ2n) is 7.34. The van der Waals surface area contributed by atoms with Crippen LogP contribution in [0, 0.1) is 0 Å². The minimum Gasteiger partial charge on any atom is -0.439 e. The Morgan fingerprint density at radius 1 is 1.27 bits per heavy atom. The zero-order valence-corrected chi connectivity index (χ0v) is 15.1. The third-order valence-corrected chi connectivity index (χ3v) is 5.36. The van der Waals surface area contributed by atoms with Crippen molar-refractivity contribution in [3.8, 4) is 0 Å². The maximum atomic E-state index is 12.7. The van der Waals surface area contributed by atoms with Crippen LogP contribution < -0.4 is 5.32 Å². The van der Waals surface area contributed by atoms with Crippen LogP contribution in [0.2, 0.25) is 0 Å². The molecule has 0 aliphatic carbocycles. The summed E-state index contributed by atoms with van der Waals surface area (Å²) in [7, 11) is 1.71. The fourth-order valence-electron chi connectivity index (χ4n) is 3.87. The molecule has 1 unspecified atom stereocenters. The average molecular weight is 363 g/mol. The minimum atomic E-state index is -0.570. The molecule has 0 aromatic carbocycles. The highest BCUT2D eigenvalue weighted by Crippen LogP contribution is 2.32. The van der Waals surface area contributed by atoms with Crippen LogP contribution in [0.5, 0.6) is 0 Å². The van der Waals surface area contributed by atoms with Crippen LogP contribution in [-0.4, -0.2) is 107 Å². The Morgan fingerprint density at radius 3 is 2.81 bits per heavy atom. The van der Waals surface area contributed by atoms with Crippen molar-refractivity contribution in [2.45, 2.75) is 18.6 Å². The van der Waals surface area contributed by atoms with Crippen LogP contribution in [0.1, 0.15) is 16.9 Å². The summed E-state index contributed by atoms with van der Waals surface area (Å²) in [6, 6.07) is 0. The lowest BCUT2D eigenvalue weighted by atomic mass is 10.0. The number of carbonyl (C=O) groups is 2. The minimum absolute atomic E-state index is 0.152. The Morgan fingerprint density at radius 2 is 2.08 bits per heavy atom. The van der Waals surface area contributed by atoms with Gasteiger partial charge < -0.3 is 19.9 Å². The van der Waals surface area contributed by atoms with E-state index in [-0.39, 0.29) is 12.0 Å². The largest absolute Gasteiger partial charge is 0.439 e. The number of nitrogens with one attached hydrogen (secondary N) is 1. The number of aromatic nitrogens is 3. The molecule has 0 bridgehead atoms. The molecular formula is C16H25N7O3. The van der Waals surface area contributed by atoms with Gasteiger partial charge in [-0.3, -0.25) is 14.4 Å². The lowest BCUT2D eigenvalue weighted by Crippen LogP contribution is -2.44. The molecule has 0 saturated carbocycles. The number of likely N-dealkylation sites (N-methyl/N-ethyl adjacent to an activating group) is 1. The molecule has 3 saturated heterocycles. The normalized spacial score (nSPS) is 26.7. The molecule has 1 aromatic heterocycles. The first-order valence-electron chi connectivity index (χ1n) is 9.11. The van der Waals surface area contributed by atoms with Gasteiger partial charge >= 0.3 is 6.09 Å². The maximum absolute atomic E-state index is 12.7. The number of piperazine rings is 1. The van der Waals surface area contributed by atoms with E-state index in [0.29, 0.717) is 38.3 Å². The van der Waals surface area contributed by atoms with Crippen molar-refractivity contribution in [3.63, 3.8) is 0 Å². The van der Waals surface area contributed by atoms with Gasteiger partial charge in [0.25, 0.3) is 5.91 Å². The van der Waals surface area contributed by atoms with Crippen molar-refractivity contribution in [1.82, 2.24) is 35.0 Å². The summed E-state index contributed by atoms with van der Waals surface area (Å²) < 4.78 is 7.22. The van der Waals surface area contributed by atoms with Gasteiger partial charge in [-0.25, -0.2) is 4.79 Å². The number of ether oxygens (including phenoxy) is 1. The Hall–Kier alpha value is -2.20. The maximum Gasteiger partial charge on any atom is 0.410 e. The van der Waals surface area contributed by atoms with Gasteiger partial charge in [0.1, 0.15) is 0 Å². The Kier molecular flexibility index (Phi) is 4.53. The number of hydrogen-bond donors (Lipinski definition) is 1. The van der Waals surface area contributed by atoms with Gasteiger partial charge in [-0.2, -0.15) is 0 Å². The fraction of sp³-hybridized carbons (Fsp3) is 0.750. The first-order valence-corrected chi connectivity index (χ1v) is 9.11. The number of likely N-dealkylation sites (tertiary alicyclic amines) is 1. The molecule has 3 aliphatic rings. The van der Waals surface area contributed by atoms with E-state index in [1.807, 2.05) is 0 Å². The average Bonchev–Trinajstić information content (AvgIpc) is 3.34. The quantitative estimate of drug-likeness (QED) is 0.722. The summed E-state index contributed by atoms with van der Waals surface area (Å²) in [5.41, 5.74) is -0.222. The number of hydrogen-bond acceptors (Lipinski definition) is 7. The van der Waals surface area contributed by atoms with Crippen LogP contribution in [0.3, 0.4) is 0 Å². The molecule has 10 heteroatoms. The molecule has 26 heavy (non-hydrogen) atoms. The van der Waals surface area contributed by atoms with Crippen LogP contribution in [0.4, 0.5) is 4.79 Å². The van der Waals surface area contributed by atoms with Gasteiger partial charge in [-0.1, -0.05) is 5.21 Å². The molecule has 1 aromatic rings. The van der Waals surface area contributed by atoms with Crippen molar-refractivity contribution in [1.29, 1.82) is 0 Å². The molecule has 4 heterocycles. The molecule has 10 nitrogen and oxygen atoms in total. The Balaban J connectivity index is 1.33. The number of nitrogens with zero attached hydrogens (tertiary/aromatic N) is 6. The third kappa shape index (κ3) is 3.38. The second-order valence-corrected chi connectivity index (χ2v) is 7.34. The standard InChI is InChI=1S/C16H25N7O3/c1-20-11-16(26-15(20)25)2-5-22(12-16)14(24)13-10-23(19-18-13)9-8-21-6-3-17-4-7-21/h10,17H,2-9,11-12H2,1H3. The van der Waals surface area contributed by atoms with Gasteiger partial charge in [0, 0.05) is 52.7 Å². The lowest BCUT2D eigenvalue weighted by molar-refractivity contribution is 0.0550. The molecule has 1 N–H and O–H groups in total. The predicted molar refractivity (Wildman–Crippen MR) is 91.7 cm³/mol. The van der Waals surface area contributed by atoms with Gasteiger partial charge in [-0.15, -0.1) is 5.10 Å². The summed E-state index contributed by atoms with van der Waals surface area (Å²) in [4.78, 5) is 30.0. The molecule has 3 aliphatic heterocycles. The molecule has 1 spiro atoms. The highest BCUT2D eigenvalue weighted by molar-refractivity contribution is 5.92. The van der Waals surface area contributed by atoms with E-state index in [0.717, 1.165) is 32.7 Å². The highest BCUT2D eigenvalue weighted by Gasteiger charge is 2.49. The zero-order chi connectivity index (χ0) is 18.1. The number of rotatable bonds is 4. The van der Waals surface area contributed by atoms with Crippen LogP contribution in [0.15, 0.2) is 6.20 Å². The fourth-order valence-corrected chi connectivity index (χ4v) is 3.87. The first kappa shape index (κ1) is 17.2. The van der Waals surface area contributed by atoms with Crippen molar-refractivity contribution < 1.29 is 14.3 Å². The smallest absolute Gasteiger partial charge is 0.410 e. The molecule has 1 atom stereocenters. The van der Waals surface area contributed by atoms with E-state index in [9.17, 15) is 9.59 Å². The van der Waals surface area contributed by atoms with Crippen LogP contribution >= 0.6 is 0 Å². The zero-order valence-electron chi connectivity index (χ0n) is 15.1. The van der Waals surface area contributed by atoms with E-state index in [1.54, 1.807) is 27.7 Å². The van der Waals surface area contributed by atoms with Gasteiger partial charge in [0.2, 0.25) is 0 Å². The summed E-state index contributed by atoms with van der Waals surface area (Å²) in [5, 5.41) is 11.5. The summed E-state index contributed by atoms with van der Waals surface area (Å²) in [6.45, 7) is 7.19. The number of carbonyl (C=O) groups excluding carboxylic acids is 2. The van der Waals surface area contributed by atoms with E-state index >= 15 is 0 Å². The molecule has 4 rings (SSSR count). The van der Waals surface area contributed by atoms with E-state index in [2.05, 4.69) is 20.5 Å². The van der Waals surface area contributed by atoms with Crippen LogP contribution in [0.25, 0.3) is 0 Å². The Labute approximate surface area is 152 Å². The monoisotopic (exact) mass is 363 g/mol. The van der Waals surface area contributed by atoms with Gasteiger partial charge in [-0.05, 0) is 0 Å². The predicted octanol–water partition coefficient (Wildman–Crippen LogP) is -1.15. The SMILES string of the molecule is CN1CC2(CCN(C(=O)c3cn(CCN4CCNCC4)nn3)C2)OC1=O. The van der Waals surface area contributed by atoms with E-state index < -0.39 is 5.60 Å². The first-order chi connectivity index (χ1) is 12.5. The van der Waals surface area contributed by atoms with Crippen molar-refractivity contribution in [3.05, 3.63) is 11.9 Å². The summed E-state index contributed by atoms with van der Waals surface area (Å²) in [6.07, 6.45) is 2.05. The molecule has 2 amide bonds. The van der Waals surface area contributed by atoms with E-state index in [1.165, 1.54) is 0 Å². The van der Waals surface area contributed by atoms with Crippen molar-refractivity contribution >= 4 is 12.0 Å². The molecule has 0 radical (unpaired) electrons.